The minimum absolute atomic E-state index is 0.0403. The maximum Gasteiger partial charge on any atom is 0.220 e. The van der Waals surface area contributed by atoms with Crippen molar-refractivity contribution in [3.05, 3.63) is 64.9 Å². The molecule has 2 aromatic heterocycles. The molecule has 138 valence electrons. The first-order valence-electron chi connectivity index (χ1n) is 8.54. The summed E-state index contributed by atoms with van der Waals surface area (Å²) in [5.41, 5.74) is 4.26. The number of aryl methyl sites for hydroxylation is 1. The Kier molecular flexibility index (Phi) is 4.31. The van der Waals surface area contributed by atoms with Crippen molar-refractivity contribution >= 4 is 5.91 Å². The number of hydrogen-bond acceptors (Lipinski definition) is 5. The van der Waals surface area contributed by atoms with Crippen molar-refractivity contribution in [2.45, 2.75) is 33.5 Å². The highest BCUT2D eigenvalue weighted by molar-refractivity contribution is 5.74. The molecule has 3 heterocycles. The summed E-state index contributed by atoms with van der Waals surface area (Å²) < 4.78 is 20.6. The van der Waals surface area contributed by atoms with Gasteiger partial charge in [-0.2, -0.15) is 0 Å². The summed E-state index contributed by atoms with van der Waals surface area (Å²) in [5.74, 6) is 0.208. The van der Waals surface area contributed by atoms with Crippen LogP contribution in [0.5, 0.6) is 5.88 Å². The van der Waals surface area contributed by atoms with E-state index in [4.69, 9.17) is 4.74 Å². The summed E-state index contributed by atoms with van der Waals surface area (Å²) in [4.78, 5) is 17.6. The van der Waals surface area contributed by atoms with E-state index in [1.807, 2.05) is 13.0 Å². The average Bonchev–Trinajstić information content (AvgIpc) is 3.24. The molecule has 3 aromatic rings. The highest BCUT2D eigenvalue weighted by Gasteiger charge is 2.22. The SMILES string of the molecule is CC(=O)N1Cc2cnc(OCc3c(C)nnn3-c3ccc(F)cc3)cc2C1. The highest BCUT2D eigenvalue weighted by Crippen LogP contribution is 2.25. The Bertz CT molecular complexity index is 1000. The first-order chi connectivity index (χ1) is 13.0. The second-order valence-corrected chi connectivity index (χ2v) is 6.46. The number of ether oxygens (including phenoxy) is 1. The van der Waals surface area contributed by atoms with Gasteiger partial charge in [0.15, 0.2) is 0 Å². The average molecular weight is 367 g/mol. The molecule has 0 radical (unpaired) electrons. The van der Waals surface area contributed by atoms with Crippen molar-refractivity contribution in [1.29, 1.82) is 0 Å². The van der Waals surface area contributed by atoms with Gasteiger partial charge in [0.2, 0.25) is 11.8 Å². The van der Waals surface area contributed by atoms with Gasteiger partial charge in [0.1, 0.15) is 18.1 Å². The molecule has 1 aliphatic rings. The van der Waals surface area contributed by atoms with Crippen molar-refractivity contribution in [2.75, 3.05) is 0 Å². The Morgan fingerprint density at radius 2 is 1.96 bits per heavy atom. The van der Waals surface area contributed by atoms with Gasteiger partial charge in [-0.3, -0.25) is 4.79 Å². The van der Waals surface area contributed by atoms with Crippen LogP contribution in [0.3, 0.4) is 0 Å². The number of hydrogen-bond donors (Lipinski definition) is 0. The minimum Gasteiger partial charge on any atom is -0.471 e. The number of benzene rings is 1. The Morgan fingerprint density at radius 1 is 1.22 bits per heavy atom. The van der Waals surface area contributed by atoms with E-state index in [-0.39, 0.29) is 18.3 Å². The van der Waals surface area contributed by atoms with Gasteiger partial charge in [-0.05, 0) is 42.3 Å². The molecule has 1 aliphatic heterocycles. The van der Waals surface area contributed by atoms with Crippen LogP contribution in [0.4, 0.5) is 4.39 Å². The van der Waals surface area contributed by atoms with Gasteiger partial charge in [-0.1, -0.05) is 5.21 Å². The molecular formula is C19H18FN5O2. The predicted octanol–water partition coefficient (Wildman–Crippen LogP) is 2.55. The number of fused-ring (bicyclic) bond motifs is 1. The van der Waals surface area contributed by atoms with Crippen molar-refractivity contribution < 1.29 is 13.9 Å². The number of aromatic nitrogens is 4. The van der Waals surface area contributed by atoms with E-state index in [0.29, 0.717) is 24.7 Å². The van der Waals surface area contributed by atoms with E-state index in [2.05, 4.69) is 15.3 Å². The van der Waals surface area contributed by atoms with E-state index in [1.165, 1.54) is 12.1 Å². The summed E-state index contributed by atoms with van der Waals surface area (Å²) >= 11 is 0. The van der Waals surface area contributed by atoms with Crippen LogP contribution in [-0.4, -0.2) is 30.8 Å². The minimum atomic E-state index is -0.310. The van der Waals surface area contributed by atoms with Crippen molar-refractivity contribution in [3.8, 4) is 11.6 Å². The van der Waals surface area contributed by atoms with E-state index < -0.39 is 0 Å². The van der Waals surface area contributed by atoms with Crippen molar-refractivity contribution in [1.82, 2.24) is 24.9 Å². The molecule has 4 rings (SSSR count). The molecule has 0 saturated heterocycles. The lowest BCUT2D eigenvalue weighted by atomic mass is 10.2. The van der Waals surface area contributed by atoms with Crippen molar-refractivity contribution in [2.24, 2.45) is 0 Å². The number of nitrogens with zero attached hydrogens (tertiary/aromatic N) is 5. The van der Waals surface area contributed by atoms with Gasteiger partial charge in [0.05, 0.1) is 11.4 Å². The lowest BCUT2D eigenvalue weighted by Crippen LogP contribution is -2.21. The molecule has 27 heavy (non-hydrogen) atoms. The quantitative estimate of drug-likeness (QED) is 0.709. The van der Waals surface area contributed by atoms with Crippen molar-refractivity contribution in [3.63, 3.8) is 0 Å². The topological polar surface area (TPSA) is 73.1 Å². The third-order valence-corrected chi connectivity index (χ3v) is 4.61. The van der Waals surface area contributed by atoms with Crippen LogP contribution >= 0.6 is 0 Å². The first kappa shape index (κ1) is 17.1. The zero-order chi connectivity index (χ0) is 19.0. The fourth-order valence-electron chi connectivity index (χ4n) is 3.04. The van der Waals surface area contributed by atoms with Crippen LogP contribution in [0.15, 0.2) is 36.5 Å². The standard InChI is InChI=1S/C19H18FN5O2/c1-12-18(25(23-22-12)17-5-3-16(20)4-6-17)11-27-19-7-14-9-24(13(2)26)10-15(14)8-21-19/h3-8H,9-11H2,1-2H3. The fraction of sp³-hybridized carbons (Fsp3) is 0.263. The molecule has 0 bridgehead atoms. The molecule has 0 saturated carbocycles. The summed E-state index contributed by atoms with van der Waals surface area (Å²) in [5, 5.41) is 8.20. The Labute approximate surface area is 155 Å². The number of carbonyl (C=O) groups excluding carboxylic acids is 1. The first-order valence-corrected chi connectivity index (χ1v) is 8.54. The molecule has 0 spiro atoms. The maximum atomic E-state index is 13.2. The smallest absolute Gasteiger partial charge is 0.220 e. The van der Waals surface area contributed by atoms with Crippen LogP contribution in [0.1, 0.15) is 29.4 Å². The zero-order valence-electron chi connectivity index (χ0n) is 15.0. The summed E-state index contributed by atoms with van der Waals surface area (Å²) in [6.45, 7) is 4.77. The normalized spacial score (nSPS) is 12.9. The van der Waals surface area contributed by atoms with Crippen LogP contribution < -0.4 is 4.74 Å². The molecule has 0 N–H and O–H groups in total. The Hall–Kier alpha value is -3.29. The molecule has 0 atom stereocenters. The van der Waals surface area contributed by atoms with E-state index >= 15 is 0 Å². The molecular weight excluding hydrogens is 349 g/mol. The van der Waals surface area contributed by atoms with Gasteiger partial charge in [-0.15, -0.1) is 5.10 Å². The third kappa shape index (κ3) is 3.38. The highest BCUT2D eigenvalue weighted by atomic mass is 19.1. The Morgan fingerprint density at radius 3 is 2.70 bits per heavy atom. The van der Waals surface area contributed by atoms with Crippen LogP contribution in [0.25, 0.3) is 5.69 Å². The third-order valence-electron chi connectivity index (χ3n) is 4.61. The number of halogens is 1. The molecule has 7 nitrogen and oxygen atoms in total. The molecule has 0 fully saturated rings. The Balaban J connectivity index is 1.52. The molecule has 1 amide bonds. The number of pyridine rings is 1. The summed E-state index contributed by atoms with van der Waals surface area (Å²) in [6, 6.07) is 7.88. The second kappa shape index (κ2) is 6.79. The molecule has 8 heteroatoms. The molecule has 0 aliphatic carbocycles. The van der Waals surface area contributed by atoms with E-state index in [1.54, 1.807) is 34.8 Å². The second-order valence-electron chi connectivity index (χ2n) is 6.46. The van der Waals surface area contributed by atoms with E-state index in [0.717, 1.165) is 22.5 Å². The predicted molar refractivity (Wildman–Crippen MR) is 94.6 cm³/mol. The van der Waals surface area contributed by atoms with Gasteiger partial charge in [-0.25, -0.2) is 14.1 Å². The van der Waals surface area contributed by atoms with Gasteiger partial charge < -0.3 is 9.64 Å². The molecule has 0 unspecified atom stereocenters. The largest absolute Gasteiger partial charge is 0.471 e. The fourth-order valence-corrected chi connectivity index (χ4v) is 3.04. The van der Waals surface area contributed by atoms with Gasteiger partial charge in [0.25, 0.3) is 0 Å². The summed E-state index contributed by atoms with van der Waals surface area (Å²) in [6.07, 6.45) is 1.75. The summed E-state index contributed by atoms with van der Waals surface area (Å²) in [7, 11) is 0. The maximum absolute atomic E-state index is 13.2. The zero-order valence-corrected chi connectivity index (χ0v) is 15.0. The van der Waals surface area contributed by atoms with Gasteiger partial charge >= 0.3 is 0 Å². The lowest BCUT2D eigenvalue weighted by molar-refractivity contribution is -0.129. The number of rotatable bonds is 4. The van der Waals surface area contributed by atoms with Gasteiger partial charge in [0, 0.05) is 32.3 Å². The number of amides is 1. The van der Waals surface area contributed by atoms with Crippen LogP contribution in [0, 0.1) is 12.7 Å². The monoisotopic (exact) mass is 367 g/mol. The van der Waals surface area contributed by atoms with E-state index in [9.17, 15) is 9.18 Å². The number of carbonyl (C=O) groups is 1. The lowest BCUT2D eigenvalue weighted by Gasteiger charge is -2.11. The van der Waals surface area contributed by atoms with Crippen LogP contribution in [0.2, 0.25) is 0 Å². The molecule has 1 aromatic carbocycles. The van der Waals surface area contributed by atoms with Crippen LogP contribution in [-0.2, 0) is 24.5 Å².